The Labute approximate surface area is 118 Å². The molecule has 0 radical (unpaired) electrons. The van der Waals surface area contributed by atoms with E-state index in [1.54, 1.807) is 7.05 Å². The maximum absolute atomic E-state index is 13.1. The van der Waals surface area contributed by atoms with Crippen LogP contribution in [0.5, 0.6) is 0 Å². The average molecular weight is 329 g/mol. The lowest BCUT2D eigenvalue weighted by Gasteiger charge is -2.06. The van der Waals surface area contributed by atoms with Crippen molar-refractivity contribution in [2.75, 3.05) is 11.8 Å². The number of quaternary nitrogens is 1. The van der Waals surface area contributed by atoms with Gasteiger partial charge in [-0.3, -0.25) is 0 Å². The zero-order valence-corrected chi connectivity index (χ0v) is 11.8. The van der Waals surface area contributed by atoms with Crippen LogP contribution in [-0.4, -0.2) is 31.6 Å². The molecule has 0 unspecified atom stereocenters. The fourth-order valence-corrected chi connectivity index (χ4v) is 2.31. The molecule has 19 heavy (non-hydrogen) atoms. The third kappa shape index (κ3) is 3.83. The summed E-state index contributed by atoms with van der Waals surface area (Å²) in [5.74, 6) is -1.53. The Morgan fingerprint density at radius 2 is 1.95 bits per heavy atom. The van der Waals surface area contributed by atoms with Gasteiger partial charge in [0, 0.05) is 6.21 Å². The van der Waals surface area contributed by atoms with Crippen molar-refractivity contribution in [2.24, 2.45) is 0 Å². The van der Waals surface area contributed by atoms with Gasteiger partial charge in [-0.1, -0.05) is 23.2 Å². The minimum Gasteiger partial charge on any atom is -0.321 e. The van der Waals surface area contributed by atoms with Gasteiger partial charge in [0.15, 0.2) is 21.0 Å². The number of nitrogens with one attached hydrogen (secondary N) is 2. The van der Waals surface area contributed by atoms with E-state index in [0.29, 0.717) is 6.21 Å². The van der Waals surface area contributed by atoms with Crippen LogP contribution in [0.4, 0.5) is 10.3 Å². The number of hydrogen-bond acceptors (Lipinski definition) is 5. The minimum absolute atomic E-state index is 0.324. The van der Waals surface area contributed by atoms with Gasteiger partial charge in [-0.05, 0) is 0 Å². The average Bonchev–Trinajstić information content (AvgIpc) is 2.32. The van der Waals surface area contributed by atoms with Crippen molar-refractivity contribution >= 4 is 45.4 Å². The third-order valence-corrected chi connectivity index (χ3v) is 3.61. The molecule has 11 heteroatoms. The van der Waals surface area contributed by atoms with Crippen LogP contribution >= 0.6 is 23.2 Å². The molecular formula is C8H9Cl2FN5O2S+. The topological polar surface area (TPSA) is 112 Å². The Hall–Kier alpha value is -1.29. The number of nitrogens with zero attached hydrogens (tertiary/aromatic N) is 2. The van der Waals surface area contributed by atoms with Crippen molar-refractivity contribution in [1.82, 2.24) is 9.97 Å². The summed E-state index contributed by atoms with van der Waals surface area (Å²) in [6, 6.07) is 0. The Morgan fingerprint density at radius 3 is 2.37 bits per heavy atom. The summed E-state index contributed by atoms with van der Waals surface area (Å²) in [5.41, 5.74) is 0. The van der Waals surface area contributed by atoms with Crippen LogP contribution in [0.3, 0.4) is 0 Å². The number of hydrogen-bond donors (Lipinski definition) is 3. The van der Waals surface area contributed by atoms with E-state index in [4.69, 9.17) is 28.6 Å². The van der Waals surface area contributed by atoms with Crippen LogP contribution in [0, 0.1) is 11.2 Å². The zero-order valence-electron chi connectivity index (χ0n) is 9.49. The van der Waals surface area contributed by atoms with Crippen LogP contribution < -0.4 is 10.0 Å². The Bertz CT molecular complexity index is 611. The van der Waals surface area contributed by atoms with Crippen molar-refractivity contribution < 1.29 is 18.1 Å². The summed E-state index contributed by atoms with van der Waals surface area (Å²) in [5, 5.41) is 7.23. The zero-order chi connectivity index (χ0) is 14.6. The Morgan fingerprint density at radius 1 is 1.42 bits per heavy atom. The van der Waals surface area contributed by atoms with Gasteiger partial charge < -0.3 is 10.7 Å². The van der Waals surface area contributed by atoms with Gasteiger partial charge in [-0.2, -0.15) is 9.97 Å². The smallest absolute Gasteiger partial charge is 0.271 e. The predicted molar refractivity (Wildman–Crippen MR) is 69.3 cm³/mol. The number of anilines is 1. The standard InChI is InChI=1S/C8H8Cl2FN5O2S/c1-13-3-4(2-12)19(17,18)16-8-14-6(9)5(11)7(10)15-8/h2-3,12-13H,1H3,(H,14,15,16)/p+1/b4-3+,12-2?. The van der Waals surface area contributed by atoms with E-state index in [0.717, 1.165) is 0 Å². The van der Waals surface area contributed by atoms with Crippen molar-refractivity contribution in [3.8, 4) is 0 Å². The minimum atomic E-state index is -4.06. The first-order valence-electron chi connectivity index (χ1n) is 4.73. The third-order valence-electron chi connectivity index (χ3n) is 1.78. The first-order chi connectivity index (χ1) is 8.81. The van der Waals surface area contributed by atoms with Crippen molar-refractivity contribution in [2.45, 2.75) is 0 Å². The van der Waals surface area contributed by atoms with E-state index in [1.807, 2.05) is 4.72 Å². The summed E-state index contributed by atoms with van der Waals surface area (Å²) in [6.45, 7) is 0. The molecule has 0 aliphatic heterocycles. The summed E-state index contributed by atoms with van der Waals surface area (Å²) in [7, 11) is -2.48. The molecule has 0 bridgehead atoms. The number of rotatable bonds is 5. The quantitative estimate of drug-likeness (QED) is 0.534. The van der Waals surface area contributed by atoms with Gasteiger partial charge in [0.25, 0.3) is 10.0 Å². The second-order valence-electron chi connectivity index (χ2n) is 3.10. The van der Waals surface area contributed by atoms with Gasteiger partial charge in [0.05, 0.1) is 7.05 Å². The summed E-state index contributed by atoms with van der Waals surface area (Å²) < 4.78 is 38.6. The van der Waals surface area contributed by atoms with E-state index in [9.17, 15) is 12.8 Å². The lowest BCUT2D eigenvalue weighted by molar-refractivity contribution is -0.556. The molecule has 7 nitrogen and oxygen atoms in total. The van der Waals surface area contributed by atoms with E-state index in [-0.39, 0.29) is 4.91 Å². The first-order valence-corrected chi connectivity index (χ1v) is 6.97. The monoisotopic (exact) mass is 328 g/mol. The predicted octanol–water partition coefficient (Wildman–Crippen LogP) is 0.348. The van der Waals surface area contributed by atoms with E-state index in [2.05, 4.69) is 9.97 Å². The maximum atomic E-state index is 13.1. The highest BCUT2D eigenvalue weighted by Crippen LogP contribution is 2.21. The van der Waals surface area contributed by atoms with Crippen molar-refractivity contribution in [3.05, 3.63) is 27.2 Å². The van der Waals surface area contributed by atoms with Crippen molar-refractivity contribution in [3.63, 3.8) is 0 Å². The molecule has 4 N–H and O–H groups in total. The van der Waals surface area contributed by atoms with Crippen LogP contribution in [0.15, 0.2) is 11.1 Å². The molecule has 104 valence electrons. The molecular weight excluding hydrogens is 320 g/mol. The molecule has 0 aliphatic carbocycles. The molecule has 0 saturated carbocycles. The van der Waals surface area contributed by atoms with E-state index in [1.165, 1.54) is 11.5 Å². The molecule has 0 aromatic carbocycles. The highest BCUT2D eigenvalue weighted by Gasteiger charge is 2.20. The number of nitrogens with two attached hydrogens (primary N) is 1. The highest BCUT2D eigenvalue weighted by molar-refractivity contribution is 7.97. The fraction of sp³-hybridized carbons (Fsp3) is 0.125. The van der Waals surface area contributed by atoms with Crippen LogP contribution in [0.1, 0.15) is 0 Å². The molecule has 1 aromatic heterocycles. The molecule has 0 aliphatic rings. The summed E-state index contributed by atoms with van der Waals surface area (Å²) in [6.07, 6.45) is 1.83. The number of halogens is 3. The van der Waals surface area contributed by atoms with Crippen LogP contribution in [0.25, 0.3) is 0 Å². The molecule has 1 rings (SSSR count). The molecule has 1 heterocycles. The molecule has 0 spiro atoms. The Kier molecular flexibility index (Phi) is 5.18. The lowest BCUT2D eigenvalue weighted by atomic mass is 10.6. The summed E-state index contributed by atoms with van der Waals surface area (Å²) in [4.78, 5) is 6.45. The normalized spacial score (nSPS) is 12.3. The number of allylic oxidation sites excluding steroid dienone is 1. The second-order valence-corrected chi connectivity index (χ2v) is 5.49. The van der Waals surface area contributed by atoms with E-state index >= 15 is 0 Å². The van der Waals surface area contributed by atoms with Gasteiger partial charge in [0.1, 0.15) is 6.20 Å². The fourth-order valence-electron chi connectivity index (χ4n) is 0.999. The van der Waals surface area contributed by atoms with E-state index < -0.39 is 32.1 Å². The summed E-state index contributed by atoms with van der Waals surface area (Å²) >= 11 is 10.8. The largest absolute Gasteiger partial charge is 0.321 e. The SMILES string of the molecule is C[NH2+]/C=C(\C=N)S(=O)(=O)Nc1nc(Cl)c(F)c(Cl)n1. The molecule has 0 saturated heterocycles. The lowest BCUT2D eigenvalue weighted by Crippen LogP contribution is -2.73. The van der Waals surface area contributed by atoms with Gasteiger partial charge >= 0.3 is 0 Å². The number of sulfonamides is 1. The maximum Gasteiger partial charge on any atom is 0.271 e. The first kappa shape index (κ1) is 15.8. The Balaban J connectivity index is 3.15. The highest BCUT2D eigenvalue weighted by atomic mass is 35.5. The van der Waals surface area contributed by atoms with Gasteiger partial charge in [-0.25, -0.2) is 17.5 Å². The molecule has 0 fully saturated rings. The van der Waals surface area contributed by atoms with Crippen LogP contribution in [0.2, 0.25) is 10.3 Å². The molecule has 0 atom stereocenters. The van der Waals surface area contributed by atoms with Gasteiger partial charge in [0.2, 0.25) is 5.95 Å². The molecule has 0 amide bonds. The molecule has 1 aromatic rings. The van der Waals surface area contributed by atoms with Gasteiger partial charge in [-0.15, -0.1) is 0 Å². The van der Waals surface area contributed by atoms with Crippen LogP contribution in [-0.2, 0) is 10.0 Å². The number of aromatic nitrogens is 2. The van der Waals surface area contributed by atoms with Crippen molar-refractivity contribution in [1.29, 1.82) is 5.41 Å². The second kappa shape index (κ2) is 6.24.